The number of rotatable bonds is 6. The molecule has 0 radical (unpaired) electrons. The van der Waals surface area contributed by atoms with Gasteiger partial charge in [0.05, 0.1) is 18.6 Å². The molecule has 0 unspecified atom stereocenters. The Labute approximate surface area is 158 Å². The fraction of sp³-hybridized carbons (Fsp3) is 0.111. The number of carboxylic acids is 1. The summed E-state index contributed by atoms with van der Waals surface area (Å²) >= 11 is 0.841. The molecule has 3 rings (SSSR count). The Balaban J connectivity index is 1.91. The summed E-state index contributed by atoms with van der Waals surface area (Å²) in [5.41, 5.74) is 0.881. The predicted molar refractivity (Wildman–Crippen MR) is 95.4 cm³/mol. The van der Waals surface area contributed by atoms with Crippen molar-refractivity contribution in [2.75, 3.05) is 7.11 Å². The van der Waals surface area contributed by atoms with Crippen molar-refractivity contribution in [3.63, 3.8) is 0 Å². The van der Waals surface area contributed by atoms with Gasteiger partial charge >= 0.3 is 5.97 Å². The van der Waals surface area contributed by atoms with Gasteiger partial charge in [-0.05, 0) is 43.0 Å². The number of carboxylic acid groups (broad SMARTS) is 1. The third-order valence-corrected chi connectivity index (χ3v) is 4.35. The van der Waals surface area contributed by atoms with E-state index in [2.05, 4.69) is 15.2 Å². The van der Waals surface area contributed by atoms with E-state index in [9.17, 15) is 14.7 Å². The molecule has 0 aliphatic carbocycles. The highest BCUT2D eigenvalue weighted by Gasteiger charge is 2.15. The van der Waals surface area contributed by atoms with Gasteiger partial charge < -0.3 is 19.1 Å². The summed E-state index contributed by atoms with van der Waals surface area (Å²) in [7, 11) is 1.30. The van der Waals surface area contributed by atoms with E-state index in [-0.39, 0.29) is 15.8 Å². The molecular weight excluding hydrogens is 370 g/mol. The molecule has 0 atom stereocenters. The lowest BCUT2D eigenvalue weighted by Gasteiger charge is -2.05. The van der Waals surface area contributed by atoms with E-state index in [1.807, 2.05) is 0 Å². The molecule has 2 heterocycles. The molecule has 0 spiro atoms. The highest BCUT2D eigenvalue weighted by atomic mass is 32.2. The molecule has 27 heavy (non-hydrogen) atoms. The normalized spacial score (nSPS) is 11.4. The van der Waals surface area contributed by atoms with Crippen molar-refractivity contribution in [2.24, 2.45) is 0 Å². The van der Waals surface area contributed by atoms with Crippen LogP contribution >= 0.6 is 11.8 Å². The van der Waals surface area contributed by atoms with Gasteiger partial charge in [0.25, 0.3) is 0 Å². The topological polar surface area (TPSA) is 121 Å². The van der Waals surface area contributed by atoms with Crippen LogP contribution in [0.3, 0.4) is 0 Å². The van der Waals surface area contributed by atoms with Crippen molar-refractivity contribution in [3.05, 3.63) is 58.5 Å². The number of carbonyl (C=O) groups excluding carboxylic acids is 2. The Bertz CT molecular complexity index is 1020. The van der Waals surface area contributed by atoms with Crippen molar-refractivity contribution >= 4 is 29.8 Å². The van der Waals surface area contributed by atoms with E-state index >= 15 is 0 Å². The number of hydrogen-bond donors (Lipinski definition) is 1. The molecule has 138 valence electrons. The lowest BCUT2D eigenvalue weighted by molar-refractivity contribution is -0.298. The van der Waals surface area contributed by atoms with Gasteiger partial charge in [0.15, 0.2) is 0 Å². The molecule has 8 nitrogen and oxygen atoms in total. The molecule has 0 amide bonds. The molecule has 1 aromatic carbocycles. The first kappa shape index (κ1) is 18.5. The van der Waals surface area contributed by atoms with Gasteiger partial charge in [-0.1, -0.05) is 18.2 Å². The van der Waals surface area contributed by atoms with Crippen LogP contribution in [0.25, 0.3) is 17.4 Å². The lowest BCUT2D eigenvalue weighted by Crippen LogP contribution is -2.23. The van der Waals surface area contributed by atoms with Crippen LogP contribution in [0.4, 0.5) is 0 Å². The molecule has 0 saturated carbocycles. The Hall–Kier alpha value is -3.33. The third kappa shape index (κ3) is 4.26. The molecule has 2 aromatic heterocycles. The summed E-state index contributed by atoms with van der Waals surface area (Å²) in [6.45, 7) is 1.71. The summed E-state index contributed by atoms with van der Waals surface area (Å²) in [4.78, 5) is 27.2. The average Bonchev–Trinajstić information content (AvgIpc) is 3.29. The fourth-order valence-corrected chi connectivity index (χ4v) is 3.02. The maximum absolute atomic E-state index is 11.9. The zero-order valence-corrected chi connectivity index (χ0v) is 15.2. The SMILES string of the molecule is COC(=O)c1ccccc1-c1ccc(/C=C(/Sc2n[nH]c(C)n2)C(=O)[O-])o1. The number of benzene rings is 1. The summed E-state index contributed by atoms with van der Waals surface area (Å²) in [5.74, 6) is -0.627. The minimum atomic E-state index is -1.38. The predicted octanol–water partition coefficient (Wildman–Crippen LogP) is 2.04. The zero-order valence-electron chi connectivity index (χ0n) is 14.4. The van der Waals surface area contributed by atoms with Crippen LogP contribution in [0.1, 0.15) is 21.9 Å². The number of methoxy groups -OCH3 is 1. The lowest BCUT2D eigenvalue weighted by atomic mass is 10.1. The number of hydrogen-bond acceptors (Lipinski definition) is 8. The Morgan fingerprint density at radius 1 is 1.26 bits per heavy atom. The second-order valence-electron chi connectivity index (χ2n) is 5.34. The number of nitrogens with zero attached hydrogens (tertiary/aromatic N) is 2. The maximum atomic E-state index is 11.9. The molecule has 0 fully saturated rings. The number of aromatic amines is 1. The van der Waals surface area contributed by atoms with Crippen LogP contribution in [0.2, 0.25) is 0 Å². The van der Waals surface area contributed by atoms with Crippen LogP contribution in [0, 0.1) is 6.92 Å². The van der Waals surface area contributed by atoms with Crippen LogP contribution in [-0.4, -0.2) is 34.2 Å². The number of nitrogens with one attached hydrogen (secondary N) is 1. The van der Waals surface area contributed by atoms with E-state index in [1.165, 1.54) is 13.2 Å². The first-order valence-electron chi connectivity index (χ1n) is 7.75. The zero-order chi connectivity index (χ0) is 19.4. The van der Waals surface area contributed by atoms with Gasteiger partial charge in [0, 0.05) is 10.5 Å². The number of carbonyl (C=O) groups is 2. The number of esters is 1. The van der Waals surface area contributed by atoms with Crippen LogP contribution in [-0.2, 0) is 9.53 Å². The largest absolute Gasteiger partial charge is 0.544 e. The second-order valence-corrected chi connectivity index (χ2v) is 6.35. The highest BCUT2D eigenvalue weighted by Crippen LogP contribution is 2.29. The van der Waals surface area contributed by atoms with Crippen molar-refractivity contribution in [1.82, 2.24) is 15.2 Å². The van der Waals surface area contributed by atoms with Gasteiger partial charge in [-0.25, -0.2) is 9.78 Å². The van der Waals surface area contributed by atoms with E-state index in [0.717, 1.165) is 11.8 Å². The molecular formula is C18H14N3O5S-. The maximum Gasteiger partial charge on any atom is 0.338 e. The smallest absolute Gasteiger partial charge is 0.338 e. The van der Waals surface area contributed by atoms with Crippen molar-refractivity contribution in [2.45, 2.75) is 12.1 Å². The number of ether oxygens (including phenoxy) is 1. The minimum Gasteiger partial charge on any atom is -0.544 e. The van der Waals surface area contributed by atoms with Crippen molar-refractivity contribution in [1.29, 1.82) is 0 Å². The van der Waals surface area contributed by atoms with Crippen molar-refractivity contribution < 1.29 is 23.8 Å². The Kier molecular flexibility index (Phi) is 5.41. The molecule has 0 aliphatic heterocycles. The van der Waals surface area contributed by atoms with Gasteiger partial charge in [-0.15, -0.1) is 5.10 Å². The van der Waals surface area contributed by atoms with Crippen LogP contribution < -0.4 is 5.11 Å². The van der Waals surface area contributed by atoms with Crippen LogP contribution in [0.5, 0.6) is 0 Å². The standard InChI is InChI=1S/C18H15N3O5S/c1-10-19-18(21-20-10)27-15(16(22)23)9-11-7-8-14(26-11)12-5-3-4-6-13(12)17(24)25-2/h3-9H,1-2H3,(H,22,23)(H,19,20,21)/p-1/b15-9+. The molecule has 0 bridgehead atoms. The summed E-state index contributed by atoms with van der Waals surface area (Å²) in [5, 5.41) is 18.2. The molecule has 0 saturated heterocycles. The molecule has 1 N–H and O–H groups in total. The van der Waals surface area contributed by atoms with Gasteiger partial charge in [-0.3, -0.25) is 5.10 Å². The van der Waals surface area contributed by atoms with Gasteiger partial charge in [-0.2, -0.15) is 0 Å². The Morgan fingerprint density at radius 3 is 2.70 bits per heavy atom. The molecule has 0 aliphatic rings. The summed E-state index contributed by atoms with van der Waals surface area (Å²) in [6.07, 6.45) is 1.32. The first-order chi connectivity index (χ1) is 13.0. The first-order valence-corrected chi connectivity index (χ1v) is 8.57. The van der Waals surface area contributed by atoms with E-state index in [0.29, 0.717) is 22.7 Å². The number of thioether (sulfide) groups is 1. The highest BCUT2D eigenvalue weighted by molar-refractivity contribution is 8.04. The van der Waals surface area contributed by atoms with E-state index in [4.69, 9.17) is 9.15 Å². The quantitative estimate of drug-likeness (QED) is 0.389. The van der Waals surface area contributed by atoms with Crippen molar-refractivity contribution in [3.8, 4) is 11.3 Å². The molecule has 3 aromatic rings. The minimum absolute atomic E-state index is 0.115. The number of aromatic nitrogens is 3. The van der Waals surface area contributed by atoms with E-state index < -0.39 is 11.9 Å². The van der Waals surface area contributed by atoms with Gasteiger partial charge in [0.2, 0.25) is 5.16 Å². The van der Waals surface area contributed by atoms with E-state index in [1.54, 1.807) is 43.3 Å². The number of aliphatic carboxylic acids is 1. The average molecular weight is 384 g/mol. The van der Waals surface area contributed by atoms with Crippen LogP contribution in [0.15, 0.2) is 50.9 Å². The number of H-pyrrole nitrogens is 1. The summed E-state index contributed by atoms with van der Waals surface area (Å²) < 4.78 is 10.5. The van der Waals surface area contributed by atoms with Gasteiger partial charge in [0.1, 0.15) is 17.3 Å². The number of aryl methyl sites for hydroxylation is 1. The Morgan fingerprint density at radius 2 is 2.04 bits per heavy atom. The third-order valence-electron chi connectivity index (χ3n) is 3.48. The summed E-state index contributed by atoms with van der Waals surface area (Å²) in [6, 6.07) is 10.0. The molecule has 9 heteroatoms. The second kappa shape index (κ2) is 7.92. The fourth-order valence-electron chi connectivity index (χ4n) is 2.29. The monoisotopic (exact) mass is 384 g/mol. The number of furan rings is 1.